The number of amides is 1. The van der Waals surface area contributed by atoms with E-state index in [9.17, 15) is 18.0 Å². The summed E-state index contributed by atoms with van der Waals surface area (Å²) in [5.41, 5.74) is 1.31. The van der Waals surface area contributed by atoms with Gasteiger partial charge in [-0.2, -0.15) is 0 Å². The van der Waals surface area contributed by atoms with Crippen LogP contribution in [-0.4, -0.2) is 53.8 Å². The molecule has 0 spiro atoms. The molecule has 0 radical (unpaired) electrons. The second-order valence-electron chi connectivity index (χ2n) is 8.37. The predicted octanol–water partition coefficient (Wildman–Crippen LogP) is 3.36. The van der Waals surface area contributed by atoms with Crippen molar-refractivity contribution in [2.24, 2.45) is 0 Å². The first kappa shape index (κ1) is 21.2. The average molecular weight is 419 g/mol. The number of rotatable bonds is 4. The summed E-state index contributed by atoms with van der Waals surface area (Å²) in [6.07, 6.45) is 1.06. The lowest BCUT2D eigenvalue weighted by atomic mass is 10.1. The Morgan fingerprint density at radius 2 is 1.90 bits per heavy atom. The zero-order chi connectivity index (χ0) is 21.2. The summed E-state index contributed by atoms with van der Waals surface area (Å²) in [7, 11) is -3.03. The maximum absolute atomic E-state index is 12.9. The topological polar surface area (TPSA) is 93.6 Å². The van der Waals surface area contributed by atoms with Crippen LogP contribution in [0.15, 0.2) is 30.3 Å². The second kappa shape index (κ2) is 8.10. The van der Waals surface area contributed by atoms with Crippen LogP contribution in [0, 0.1) is 0 Å². The number of aldehydes is 1. The summed E-state index contributed by atoms with van der Waals surface area (Å²) in [4.78, 5) is 29.7. The molecule has 1 aliphatic heterocycles. The molecular formula is C21H26N2O5S. The Balaban J connectivity index is 1.86. The number of pyridine rings is 1. The number of hydrogen-bond acceptors (Lipinski definition) is 6. The van der Waals surface area contributed by atoms with E-state index in [2.05, 4.69) is 4.98 Å². The third-order valence-corrected chi connectivity index (χ3v) is 6.56. The molecule has 8 heteroatoms. The summed E-state index contributed by atoms with van der Waals surface area (Å²) < 4.78 is 29.2. The molecule has 29 heavy (non-hydrogen) atoms. The highest BCUT2D eigenvalue weighted by Gasteiger charge is 2.33. The van der Waals surface area contributed by atoms with Gasteiger partial charge in [0.15, 0.2) is 6.29 Å². The number of nitrogens with zero attached hydrogens (tertiary/aromatic N) is 2. The van der Waals surface area contributed by atoms with Gasteiger partial charge in [0, 0.05) is 18.0 Å². The van der Waals surface area contributed by atoms with Gasteiger partial charge >= 0.3 is 6.09 Å². The van der Waals surface area contributed by atoms with Crippen LogP contribution in [-0.2, 0) is 21.1 Å². The standard InChI is InChI=1S/C21H26N2O5S/c1-21(2,3)28-20(25)23(18-8-10-29(26,27)11-9-18)13-15-4-7-19-16(12-15)5-6-17(14-24)22-19/h4-7,12,14,18H,8-11,13H2,1-3H3. The van der Waals surface area contributed by atoms with Crippen molar-refractivity contribution < 1.29 is 22.7 Å². The fourth-order valence-corrected chi connectivity index (χ4v) is 4.87. The summed E-state index contributed by atoms with van der Waals surface area (Å²) in [5, 5.41) is 0.864. The smallest absolute Gasteiger partial charge is 0.410 e. The van der Waals surface area contributed by atoms with Gasteiger partial charge in [0.25, 0.3) is 0 Å². The van der Waals surface area contributed by atoms with Crippen LogP contribution >= 0.6 is 0 Å². The van der Waals surface area contributed by atoms with Crippen molar-refractivity contribution in [3.8, 4) is 0 Å². The van der Waals surface area contributed by atoms with Gasteiger partial charge in [-0.1, -0.05) is 12.1 Å². The number of aromatic nitrogens is 1. The van der Waals surface area contributed by atoms with E-state index < -0.39 is 21.5 Å². The fraction of sp³-hybridized carbons (Fsp3) is 0.476. The fourth-order valence-electron chi connectivity index (χ4n) is 3.40. The number of ether oxygens (including phenoxy) is 1. The maximum atomic E-state index is 12.9. The molecule has 1 fully saturated rings. The summed E-state index contributed by atoms with van der Waals surface area (Å²) >= 11 is 0. The van der Waals surface area contributed by atoms with Crippen molar-refractivity contribution in [3.63, 3.8) is 0 Å². The van der Waals surface area contributed by atoms with E-state index >= 15 is 0 Å². The van der Waals surface area contributed by atoms with Crippen LogP contribution in [0.5, 0.6) is 0 Å². The van der Waals surface area contributed by atoms with E-state index in [0.29, 0.717) is 36.9 Å². The molecule has 2 heterocycles. The van der Waals surface area contributed by atoms with Crippen LogP contribution < -0.4 is 0 Å². The summed E-state index contributed by atoms with van der Waals surface area (Å²) in [6.45, 7) is 5.73. The predicted molar refractivity (Wildman–Crippen MR) is 111 cm³/mol. The molecule has 3 rings (SSSR count). The Hall–Kier alpha value is -2.48. The number of carbonyl (C=O) groups excluding carboxylic acids is 2. The molecule has 1 amide bonds. The molecule has 2 aromatic rings. The van der Waals surface area contributed by atoms with Crippen LogP contribution in [0.4, 0.5) is 4.79 Å². The highest BCUT2D eigenvalue weighted by atomic mass is 32.2. The normalized spacial score (nSPS) is 17.1. The van der Waals surface area contributed by atoms with Gasteiger partial charge in [-0.25, -0.2) is 18.2 Å². The van der Waals surface area contributed by atoms with Crippen molar-refractivity contribution in [3.05, 3.63) is 41.6 Å². The van der Waals surface area contributed by atoms with Gasteiger partial charge in [-0.15, -0.1) is 0 Å². The summed E-state index contributed by atoms with van der Waals surface area (Å²) in [6, 6.07) is 8.88. The van der Waals surface area contributed by atoms with Crippen molar-refractivity contribution >= 4 is 33.1 Å². The SMILES string of the molecule is CC(C)(C)OC(=O)N(Cc1ccc2nc(C=O)ccc2c1)C1CCS(=O)(=O)CC1. The first-order valence-corrected chi connectivity index (χ1v) is 11.4. The molecule has 156 valence electrons. The first-order chi connectivity index (χ1) is 13.6. The van der Waals surface area contributed by atoms with Crippen LogP contribution in [0.2, 0.25) is 0 Å². The quantitative estimate of drug-likeness (QED) is 0.707. The monoisotopic (exact) mass is 418 g/mol. The lowest BCUT2D eigenvalue weighted by Crippen LogP contribution is -2.46. The van der Waals surface area contributed by atoms with E-state index in [-0.39, 0.29) is 17.5 Å². The Labute approximate surface area is 171 Å². The highest BCUT2D eigenvalue weighted by Crippen LogP contribution is 2.24. The van der Waals surface area contributed by atoms with Gasteiger partial charge in [-0.05, 0) is 57.4 Å². The molecule has 1 aromatic carbocycles. The number of carbonyl (C=O) groups is 2. The van der Waals surface area contributed by atoms with E-state index in [1.54, 1.807) is 31.7 Å². The zero-order valence-corrected chi connectivity index (χ0v) is 17.7. The van der Waals surface area contributed by atoms with Crippen LogP contribution in [0.1, 0.15) is 49.7 Å². The largest absolute Gasteiger partial charge is 0.444 e. The molecule has 1 aliphatic rings. The van der Waals surface area contributed by atoms with Gasteiger partial charge in [0.2, 0.25) is 0 Å². The number of fused-ring (bicyclic) bond motifs is 1. The van der Waals surface area contributed by atoms with Gasteiger partial charge in [-0.3, -0.25) is 4.79 Å². The second-order valence-corrected chi connectivity index (χ2v) is 10.7. The van der Waals surface area contributed by atoms with Gasteiger partial charge < -0.3 is 9.64 Å². The highest BCUT2D eigenvalue weighted by molar-refractivity contribution is 7.91. The molecular weight excluding hydrogens is 392 g/mol. The molecule has 7 nitrogen and oxygen atoms in total. The molecule has 1 saturated heterocycles. The number of hydrogen-bond donors (Lipinski definition) is 0. The molecule has 0 unspecified atom stereocenters. The van der Waals surface area contributed by atoms with Crippen LogP contribution in [0.25, 0.3) is 10.9 Å². The molecule has 0 atom stereocenters. The third kappa shape index (κ3) is 5.53. The average Bonchev–Trinajstić information content (AvgIpc) is 2.64. The lowest BCUT2D eigenvalue weighted by Gasteiger charge is -2.35. The van der Waals surface area contributed by atoms with Crippen molar-refractivity contribution in [1.29, 1.82) is 0 Å². The minimum atomic E-state index is -3.03. The van der Waals surface area contributed by atoms with Crippen molar-refractivity contribution in [2.75, 3.05) is 11.5 Å². The number of benzene rings is 1. The van der Waals surface area contributed by atoms with Gasteiger partial charge in [0.05, 0.1) is 17.0 Å². The lowest BCUT2D eigenvalue weighted by molar-refractivity contribution is 0.0128. The van der Waals surface area contributed by atoms with E-state index in [0.717, 1.165) is 10.9 Å². The molecule has 0 aliphatic carbocycles. The van der Waals surface area contributed by atoms with Crippen molar-refractivity contribution in [1.82, 2.24) is 9.88 Å². The zero-order valence-electron chi connectivity index (χ0n) is 16.9. The van der Waals surface area contributed by atoms with Gasteiger partial charge in [0.1, 0.15) is 21.1 Å². The Morgan fingerprint density at radius 1 is 1.21 bits per heavy atom. The Morgan fingerprint density at radius 3 is 2.52 bits per heavy atom. The summed E-state index contributed by atoms with van der Waals surface area (Å²) in [5.74, 6) is 0.153. The van der Waals surface area contributed by atoms with E-state index in [1.165, 1.54) is 0 Å². The Kier molecular flexibility index (Phi) is 5.93. The van der Waals surface area contributed by atoms with Crippen molar-refractivity contribution in [2.45, 2.75) is 51.8 Å². The molecule has 0 saturated carbocycles. The third-order valence-electron chi connectivity index (χ3n) is 4.84. The maximum Gasteiger partial charge on any atom is 0.410 e. The first-order valence-electron chi connectivity index (χ1n) is 9.61. The molecule has 1 aromatic heterocycles. The Bertz CT molecular complexity index is 1010. The molecule has 0 N–H and O–H groups in total. The van der Waals surface area contributed by atoms with E-state index in [4.69, 9.17) is 4.74 Å². The minimum Gasteiger partial charge on any atom is -0.444 e. The molecule has 0 bridgehead atoms. The minimum absolute atomic E-state index is 0.0765. The van der Waals surface area contributed by atoms with E-state index in [1.807, 2.05) is 24.3 Å². The number of sulfone groups is 1. The van der Waals surface area contributed by atoms with Crippen LogP contribution in [0.3, 0.4) is 0 Å².